The fraction of sp³-hybridized carbons (Fsp3) is 0.818. The number of rotatable bonds is 11. The first-order valence-corrected chi connectivity index (χ1v) is 11.8. The Morgan fingerprint density at radius 1 is 0.647 bits per heavy atom. The number of carboxylic acid groups (broad SMARTS) is 3. The Morgan fingerprint density at radius 2 is 0.941 bits per heavy atom. The van der Waals surface area contributed by atoms with Crippen LogP contribution in [0.15, 0.2) is 0 Å². The molecule has 3 N–H and O–H groups in total. The molecule has 0 aromatic heterocycles. The highest BCUT2D eigenvalue weighted by molar-refractivity contribution is 5.78. The lowest BCUT2D eigenvalue weighted by Gasteiger charge is -2.33. The van der Waals surface area contributed by atoms with Crippen LogP contribution in [-0.2, 0) is 19.2 Å². The number of aliphatic carboxylic acids is 3. The predicted octanol–water partition coefficient (Wildman–Crippen LogP) is -1.03. The van der Waals surface area contributed by atoms with E-state index < -0.39 is 17.9 Å². The van der Waals surface area contributed by atoms with Crippen molar-refractivity contribution in [2.45, 2.75) is 20.8 Å². The topological polar surface area (TPSA) is 145 Å². The van der Waals surface area contributed by atoms with E-state index in [4.69, 9.17) is 0 Å². The van der Waals surface area contributed by atoms with Gasteiger partial charge < -0.3 is 20.2 Å². The molecule has 0 saturated carbocycles. The van der Waals surface area contributed by atoms with E-state index >= 15 is 0 Å². The van der Waals surface area contributed by atoms with E-state index in [1.807, 2.05) is 25.7 Å². The number of hydrogen-bond acceptors (Lipinski definition) is 8. The van der Waals surface area contributed by atoms with Gasteiger partial charge in [0.1, 0.15) is 0 Å². The van der Waals surface area contributed by atoms with Crippen molar-refractivity contribution in [2.24, 2.45) is 5.92 Å². The van der Waals surface area contributed by atoms with Gasteiger partial charge in [-0.3, -0.25) is 38.8 Å². The van der Waals surface area contributed by atoms with Crippen molar-refractivity contribution in [3.05, 3.63) is 0 Å². The number of likely N-dealkylation sites (N-methyl/N-ethyl adjacent to an activating group) is 1. The molecular formula is C22H41N5O7. The van der Waals surface area contributed by atoms with Gasteiger partial charge in [-0.1, -0.05) is 13.8 Å². The van der Waals surface area contributed by atoms with Crippen LogP contribution in [0.5, 0.6) is 0 Å². The molecular weight excluding hydrogens is 446 g/mol. The van der Waals surface area contributed by atoms with Gasteiger partial charge in [0.15, 0.2) is 0 Å². The van der Waals surface area contributed by atoms with Gasteiger partial charge in [-0.15, -0.1) is 0 Å². The zero-order chi connectivity index (χ0) is 25.7. The molecule has 0 aromatic carbocycles. The van der Waals surface area contributed by atoms with Crippen LogP contribution in [0.2, 0.25) is 0 Å². The van der Waals surface area contributed by atoms with Crippen molar-refractivity contribution in [1.29, 1.82) is 0 Å². The Labute approximate surface area is 201 Å². The van der Waals surface area contributed by atoms with E-state index in [0.717, 1.165) is 0 Å². The first kappa shape index (κ1) is 29.8. The lowest BCUT2D eigenvalue weighted by Crippen LogP contribution is -2.50. The van der Waals surface area contributed by atoms with Crippen molar-refractivity contribution < 1.29 is 34.5 Å². The van der Waals surface area contributed by atoms with Crippen molar-refractivity contribution in [2.75, 3.05) is 91.6 Å². The standard InChI is InChI=1S/C22H41N5O7/c1-4-27(13-18(2)3)19(28)14-23-5-7-24(15-20(29)30)9-11-26(17-22(33)34)12-10-25(8-6-23)16-21(31)32/h18H,4-17H2,1-3H3,(H,29,30)(H,31,32)(H,33,34). The predicted molar refractivity (Wildman–Crippen MR) is 126 cm³/mol. The molecule has 1 aliphatic heterocycles. The summed E-state index contributed by atoms with van der Waals surface area (Å²) in [6.07, 6.45) is 0. The molecule has 0 radical (unpaired) electrons. The maximum Gasteiger partial charge on any atom is 0.317 e. The first-order valence-electron chi connectivity index (χ1n) is 11.8. The van der Waals surface area contributed by atoms with Crippen molar-refractivity contribution in [3.63, 3.8) is 0 Å². The molecule has 0 atom stereocenters. The highest BCUT2D eigenvalue weighted by Gasteiger charge is 2.22. The van der Waals surface area contributed by atoms with Gasteiger partial charge in [0, 0.05) is 65.4 Å². The lowest BCUT2D eigenvalue weighted by atomic mass is 10.2. The molecule has 12 heteroatoms. The Kier molecular flexibility index (Phi) is 13.6. The Hall–Kier alpha value is -2.28. The highest BCUT2D eigenvalue weighted by atomic mass is 16.4. The van der Waals surface area contributed by atoms with Crippen molar-refractivity contribution >= 4 is 23.8 Å². The van der Waals surface area contributed by atoms with E-state index in [-0.39, 0.29) is 32.1 Å². The summed E-state index contributed by atoms with van der Waals surface area (Å²) in [6.45, 7) is 9.98. The summed E-state index contributed by atoms with van der Waals surface area (Å²) in [4.78, 5) is 55.8. The molecule has 1 fully saturated rings. The van der Waals surface area contributed by atoms with E-state index in [1.165, 1.54) is 0 Å². The van der Waals surface area contributed by atoms with Crippen LogP contribution in [0.4, 0.5) is 0 Å². The largest absolute Gasteiger partial charge is 0.480 e. The average Bonchev–Trinajstić information content (AvgIpc) is 2.72. The number of carbonyl (C=O) groups is 4. The molecule has 196 valence electrons. The summed E-state index contributed by atoms with van der Waals surface area (Å²) in [5.41, 5.74) is 0. The van der Waals surface area contributed by atoms with E-state index in [2.05, 4.69) is 0 Å². The van der Waals surface area contributed by atoms with E-state index in [0.29, 0.717) is 71.4 Å². The van der Waals surface area contributed by atoms with E-state index in [1.54, 1.807) is 19.6 Å². The fourth-order valence-electron chi connectivity index (χ4n) is 3.92. The first-order chi connectivity index (χ1) is 16.0. The highest BCUT2D eigenvalue weighted by Crippen LogP contribution is 2.04. The minimum atomic E-state index is -0.992. The minimum Gasteiger partial charge on any atom is -0.480 e. The van der Waals surface area contributed by atoms with Gasteiger partial charge >= 0.3 is 17.9 Å². The fourth-order valence-corrected chi connectivity index (χ4v) is 3.92. The number of nitrogens with zero attached hydrogens (tertiary/aromatic N) is 5. The third-order valence-electron chi connectivity index (χ3n) is 5.69. The summed E-state index contributed by atoms with van der Waals surface area (Å²) in [5, 5.41) is 27.8. The smallest absolute Gasteiger partial charge is 0.317 e. The number of amides is 1. The molecule has 12 nitrogen and oxygen atoms in total. The number of carboxylic acids is 3. The van der Waals surface area contributed by atoms with Crippen molar-refractivity contribution in [3.8, 4) is 0 Å². The monoisotopic (exact) mass is 487 g/mol. The molecule has 1 amide bonds. The number of carbonyl (C=O) groups excluding carboxylic acids is 1. The van der Waals surface area contributed by atoms with Gasteiger partial charge in [-0.25, -0.2) is 0 Å². The second kappa shape index (κ2) is 15.6. The van der Waals surface area contributed by atoms with Crippen LogP contribution >= 0.6 is 0 Å². The zero-order valence-corrected chi connectivity index (χ0v) is 20.7. The van der Waals surface area contributed by atoms with Crippen LogP contribution in [0.25, 0.3) is 0 Å². The normalized spacial score (nSPS) is 18.2. The Morgan fingerprint density at radius 3 is 1.18 bits per heavy atom. The molecule has 0 bridgehead atoms. The molecule has 0 spiro atoms. The molecule has 1 aliphatic rings. The van der Waals surface area contributed by atoms with Crippen LogP contribution < -0.4 is 0 Å². The zero-order valence-electron chi connectivity index (χ0n) is 20.7. The summed E-state index contributed by atoms with van der Waals surface area (Å²) in [6, 6.07) is 0. The van der Waals surface area contributed by atoms with E-state index in [9.17, 15) is 34.5 Å². The second-order valence-corrected chi connectivity index (χ2v) is 9.11. The Bertz CT molecular complexity index is 644. The minimum absolute atomic E-state index is 0.00880. The molecule has 0 aliphatic carbocycles. The van der Waals surface area contributed by atoms with Gasteiger partial charge in [0.05, 0.1) is 26.2 Å². The molecule has 0 aromatic rings. The molecule has 0 unspecified atom stereocenters. The lowest BCUT2D eigenvalue weighted by molar-refractivity contribution is -0.140. The summed E-state index contributed by atoms with van der Waals surface area (Å²) in [5.74, 6) is -2.61. The third kappa shape index (κ3) is 12.8. The Balaban J connectivity index is 3.00. The summed E-state index contributed by atoms with van der Waals surface area (Å²) < 4.78 is 0. The van der Waals surface area contributed by atoms with Crippen LogP contribution in [0.3, 0.4) is 0 Å². The molecule has 1 saturated heterocycles. The van der Waals surface area contributed by atoms with Gasteiger partial charge in [-0.2, -0.15) is 0 Å². The second-order valence-electron chi connectivity index (χ2n) is 9.11. The SMILES string of the molecule is CCN(CC(C)C)C(=O)CN1CCN(CC(=O)O)CCN(CC(=O)O)CCN(CC(=O)O)CC1. The number of hydrogen-bond donors (Lipinski definition) is 3. The maximum atomic E-state index is 12.9. The molecule has 1 rings (SSSR count). The van der Waals surface area contributed by atoms with Gasteiger partial charge in [0.2, 0.25) is 5.91 Å². The summed E-state index contributed by atoms with van der Waals surface area (Å²) in [7, 11) is 0. The quantitative estimate of drug-likeness (QED) is 0.329. The van der Waals surface area contributed by atoms with Crippen LogP contribution in [0, 0.1) is 5.92 Å². The van der Waals surface area contributed by atoms with Gasteiger partial charge in [0.25, 0.3) is 0 Å². The molecule has 1 heterocycles. The average molecular weight is 488 g/mol. The third-order valence-corrected chi connectivity index (χ3v) is 5.69. The van der Waals surface area contributed by atoms with Crippen LogP contribution in [0.1, 0.15) is 20.8 Å². The van der Waals surface area contributed by atoms with Crippen molar-refractivity contribution in [1.82, 2.24) is 24.5 Å². The summed E-state index contributed by atoms with van der Waals surface area (Å²) >= 11 is 0. The van der Waals surface area contributed by atoms with Gasteiger partial charge in [-0.05, 0) is 12.8 Å². The maximum absolute atomic E-state index is 12.9. The van der Waals surface area contributed by atoms with Crippen LogP contribution in [-0.4, -0.2) is 155 Å². The molecule has 34 heavy (non-hydrogen) atoms.